The molecule has 1 aromatic heterocycles. The van der Waals surface area contributed by atoms with Gasteiger partial charge in [0.1, 0.15) is 5.69 Å². The van der Waals surface area contributed by atoms with Crippen LogP contribution in [0.3, 0.4) is 0 Å². The number of hydrogen-bond acceptors (Lipinski definition) is 5. The van der Waals surface area contributed by atoms with Gasteiger partial charge < -0.3 is 5.73 Å². The quantitative estimate of drug-likeness (QED) is 0.674. The lowest BCUT2D eigenvalue weighted by Gasteiger charge is -2.10. The first-order chi connectivity index (χ1) is 8.91. The highest BCUT2D eigenvalue weighted by atomic mass is 16.6. The minimum atomic E-state index is -0.426. The maximum atomic E-state index is 11.1. The van der Waals surface area contributed by atoms with Crippen LogP contribution in [-0.2, 0) is 0 Å². The lowest BCUT2D eigenvalue weighted by molar-refractivity contribution is -0.384. The van der Waals surface area contributed by atoms with E-state index in [9.17, 15) is 10.1 Å². The molecule has 7 nitrogen and oxygen atoms in total. The maximum Gasteiger partial charge on any atom is 0.295 e. The summed E-state index contributed by atoms with van der Waals surface area (Å²) in [4.78, 5) is 10.7. The standard InChI is InChI=1S/C12H15N5O2/c1-7(2)11-12(13)14-15-16(11)9-5-4-8(3)6-10(9)17(18)19/h4-7H,13H2,1-3H3. The van der Waals surface area contributed by atoms with Crippen molar-refractivity contribution in [3.05, 3.63) is 39.6 Å². The van der Waals surface area contributed by atoms with Crippen molar-refractivity contribution in [2.75, 3.05) is 5.73 Å². The SMILES string of the molecule is Cc1ccc(-n2nnc(N)c2C(C)C)c([N+](=O)[O-])c1. The molecule has 0 unspecified atom stereocenters. The van der Waals surface area contributed by atoms with Crippen molar-refractivity contribution < 1.29 is 4.92 Å². The Kier molecular flexibility index (Phi) is 3.20. The van der Waals surface area contributed by atoms with Gasteiger partial charge in [0.2, 0.25) is 0 Å². The van der Waals surface area contributed by atoms with E-state index in [0.717, 1.165) is 5.56 Å². The zero-order chi connectivity index (χ0) is 14.2. The van der Waals surface area contributed by atoms with E-state index in [2.05, 4.69) is 10.3 Å². The van der Waals surface area contributed by atoms with Crippen molar-refractivity contribution in [2.24, 2.45) is 0 Å². The molecule has 19 heavy (non-hydrogen) atoms. The number of benzene rings is 1. The topological polar surface area (TPSA) is 99.9 Å². The Morgan fingerprint density at radius 3 is 2.68 bits per heavy atom. The van der Waals surface area contributed by atoms with Gasteiger partial charge in [-0.05, 0) is 24.5 Å². The van der Waals surface area contributed by atoms with E-state index in [-0.39, 0.29) is 11.6 Å². The van der Waals surface area contributed by atoms with Gasteiger partial charge in [-0.25, -0.2) is 4.68 Å². The van der Waals surface area contributed by atoms with E-state index in [1.54, 1.807) is 19.1 Å². The average Bonchev–Trinajstić information content (AvgIpc) is 2.70. The number of nitrogen functional groups attached to an aromatic ring is 1. The van der Waals surface area contributed by atoms with Crippen molar-refractivity contribution in [1.82, 2.24) is 15.0 Å². The molecule has 0 fully saturated rings. The largest absolute Gasteiger partial charge is 0.381 e. The molecule has 1 heterocycles. The van der Waals surface area contributed by atoms with Crippen LogP contribution >= 0.6 is 0 Å². The normalized spacial score (nSPS) is 10.9. The highest BCUT2D eigenvalue weighted by Crippen LogP contribution is 2.28. The summed E-state index contributed by atoms with van der Waals surface area (Å²) >= 11 is 0. The molecule has 2 rings (SSSR count). The number of hydrogen-bond donors (Lipinski definition) is 1. The summed E-state index contributed by atoms with van der Waals surface area (Å²) in [5.41, 5.74) is 7.63. The molecule has 0 atom stereocenters. The molecule has 0 aliphatic heterocycles. The van der Waals surface area contributed by atoms with Crippen molar-refractivity contribution >= 4 is 11.5 Å². The van der Waals surface area contributed by atoms with Gasteiger partial charge in [0, 0.05) is 6.07 Å². The predicted octanol–water partition coefficient (Wildman–Crippen LogP) is 2.19. The van der Waals surface area contributed by atoms with E-state index >= 15 is 0 Å². The molecule has 0 aliphatic carbocycles. The third-order valence-electron chi connectivity index (χ3n) is 2.84. The second-order valence-corrected chi connectivity index (χ2v) is 4.68. The molecule has 0 aliphatic rings. The van der Waals surface area contributed by atoms with E-state index in [1.807, 2.05) is 13.8 Å². The highest BCUT2D eigenvalue weighted by molar-refractivity contribution is 5.56. The monoisotopic (exact) mass is 261 g/mol. The van der Waals surface area contributed by atoms with Crippen LogP contribution in [0.1, 0.15) is 31.0 Å². The summed E-state index contributed by atoms with van der Waals surface area (Å²) in [6.45, 7) is 5.67. The Morgan fingerprint density at radius 1 is 1.42 bits per heavy atom. The number of aromatic nitrogens is 3. The Labute approximate surface area is 110 Å². The second-order valence-electron chi connectivity index (χ2n) is 4.68. The molecule has 100 valence electrons. The van der Waals surface area contributed by atoms with Crippen LogP contribution in [0.2, 0.25) is 0 Å². The molecule has 0 saturated heterocycles. The predicted molar refractivity (Wildman–Crippen MR) is 71.3 cm³/mol. The number of anilines is 1. The first-order valence-corrected chi connectivity index (χ1v) is 5.88. The molecule has 0 radical (unpaired) electrons. The smallest absolute Gasteiger partial charge is 0.295 e. The molecular weight excluding hydrogens is 246 g/mol. The number of nitro groups is 1. The van der Waals surface area contributed by atoms with Crippen molar-refractivity contribution in [1.29, 1.82) is 0 Å². The van der Waals surface area contributed by atoms with E-state index < -0.39 is 4.92 Å². The van der Waals surface area contributed by atoms with Crippen molar-refractivity contribution in [3.8, 4) is 5.69 Å². The van der Waals surface area contributed by atoms with Crippen LogP contribution in [-0.4, -0.2) is 19.9 Å². The van der Waals surface area contributed by atoms with Gasteiger partial charge in [-0.1, -0.05) is 25.1 Å². The van der Waals surface area contributed by atoms with E-state index in [1.165, 1.54) is 10.7 Å². The van der Waals surface area contributed by atoms with E-state index in [0.29, 0.717) is 17.2 Å². The van der Waals surface area contributed by atoms with Crippen LogP contribution in [0.4, 0.5) is 11.5 Å². The van der Waals surface area contributed by atoms with Gasteiger partial charge in [0.05, 0.1) is 10.6 Å². The molecule has 0 spiro atoms. The number of rotatable bonds is 3. The molecule has 0 saturated carbocycles. The maximum absolute atomic E-state index is 11.1. The summed E-state index contributed by atoms with van der Waals surface area (Å²) in [6, 6.07) is 4.97. The zero-order valence-corrected chi connectivity index (χ0v) is 11.0. The van der Waals surface area contributed by atoms with Gasteiger partial charge in [-0.3, -0.25) is 10.1 Å². The first-order valence-electron chi connectivity index (χ1n) is 5.88. The molecule has 2 aromatic rings. The summed E-state index contributed by atoms with van der Waals surface area (Å²) < 4.78 is 1.44. The molecule has 0 bridgehead atoms. The van der Waals surface area contributed by atoms with Crippen molar-refractivity contribution in [3.63, 3.8) is 0 Å². The summed E-state index contributed by atoms with van der Waals surface area (Å²) in [6.07, 6.45) is 0. The van der Waals surface area contributed by atoms with Gasteiger partial charge in [-0.2, -0.15) is 0 Å². The van der Waals surface area contributed by atoms with Gasteiger partial charge in [0.25, 0.3) is 5.69 Å². The first kappa shape index (κ1) is 13.0. The Morgan fingerprint density at radius 2 is 2.11 bits per heavy atom. The van der Waals surface area contributed by atoms with Crippen LogP contribution in [0.5, 0.6) is 0 Å². The fourth-order valence-corrected chi connectivity index (χ4v) is 1.98. The van der Waals surface area contributed by atoms with E-state index in [4.69, 9.17) is 5.73 Å². The van der Waals surface area contributed by atoms with Gasteiger partial charge in [0.15, 0.2) is 5.82 Å². The lowest BCUT2D eigenvalue weighted by atomic mass is 10.1. The molecule has 7 heteroatoms. The third-order valence-corrected chi connectivity index (χ3v) is 2.84. The molecule has 0 amide bonds. The molecule has 2 N–H and O–H groups in total. The van der Waals surface area contributed by atoms with Gasteiger partial charge in [-0.15, -0.1) is 5.10 Å². The van der Waals surface area contributed by atoms with Crippen LogP contribution in [0, 0.1) is 17.0 Å². The Balaban J connectivity index is 2.69. The Bertz CT molecular complexity index is 633. The van der Waals surface area contributed by atoms with Crippen molar-refractivity contribution in [2.45, 2.75) is 26.7 Å². The summed E-state index contributed by atoms with van der Waals surface area (Å²) in [7, 11) is 0. The lowest BCUT2D eigenvalue weighted by Crippen LogP contribution is -2.08. The molecular formula is C12H15N5O2. The minimum absolute atomic E-state index is 0.00759. The fraction of sp³-hybridized carbons (Fsp3) is 0.333. The van der Waals surface area contributed by atoms with Crippen LogP contribution in [0.15, 0.2) is 18.2 Å². The third kappa shape index (κ3) is 2.26. The number of aryl methyl sites for hydroxylation is 1. The zero-order valence-electron chi connectivity index (χ0n) is 11.0. The summed E-state index contributed by atoms with van der Waals surface area (Å²) in [5.74, 6) is 0.362. The van der Waals surface area contributed by atoms with Crippen LogP contribution < -0.4 is 5.73 Å². The molecule has 1 aromatic carbocycles. The Hall–Kier alpha value is -2.44. The number of nitrogens with zero attached hydrogens (tertiary/aromatic N) is 4. The number of nitrogens with two attached hydrogens (primary N) is 1. The summed E-state index contributed by atoms with van der Waals surface area (Å²) in [5, 5.41) is 18.9. The average molecular weight is 261 g/mol. The minimum Gasteiger partial charge on any atom is -0.381 e. The second kappa shape index (κ2) is 4.68. The fourth-order valence-electron chi connectivity index (χ4n) is 1.98. The number of nitro benzene ring substituents is 1. The van der Waals surface area contributed by atoms with Gasteiger partial charge >= 0.3 is 0 Å². The van der Waals surface area contributed by atoms with Crippen LogP contribution in [0.25, 0.3) is 5.69 Å². The highest BCUT2D eigenvalue weighted by Gasteiger charge is 2.22.